The molecule has 0 bridgehead atoms. The second kappa shape index (κ2) is 6.77. The fraction of sp³-hybridized carbons (Fsp3) is 0.538. The summed E-state index contributed by atoms with van der Waals surface area (Å²) in [6.45, 7) is 0.627. The first kappa shape index (κ1) is 15.8. The van der Waals surface area contributed by atoms with Gasteiger partial charge in [0.15, 0.2) is 0 Å². The van der Waals surface area contributed by atoms with Gasteiger partial charge in [-0.05, 0) is 30.5 Å². The Kier molecular flexibility index (Phi) is 5.62. The first-order valence-electron chi connectivity index (χ1n) is 5.88. The van der Waals surface area contributed by atoms with Crippen molar-refractivity contribution in [3.63, 3.8) is 0 Å². The van der Waals surface area contributed by atoms with E-state index in [1.165, 1.54) is 0 Å². The van der Waals surface area contributed by atoms with E-state index in [9.17, 15) is 13.2 Å². The Morgan fingerprint density at radius 2 is 2.00 bits per heavy atom. The van der Waals surface area contributed by atoms with Crippen molar-refractivity contribution in [2.45, 2.75) is 25.6 Å². The molecule has 1 aromatic carbocycles. The third kappa shape index (κ3) is 5.48. The highest BCUT2D eigenvalue weighted by Gasteiger charge is 2.27. The molecular formula is C13H18F3NO2. The Labute approximate surface area is 110 Å². The summed E-state index contributed by atoms with van der Waals surface area (Å²) in [7, 11) is 1.58. The average molecular weight is 277 g/mol. The van der Waals surface area contributed by atoms with Gasteiger partial charge >= 0.3 is 6.18 Å². The SMILES string of the molecule is COc1ccc(C(N)CCOCC(F)(F)F)cc1C. The molecule has 1 unspecified atom stereocenters. The Bertz CT molecular complexity index is 407. The van der Waals surface area contributed by atoms with Crippen molar-refractivity contribution >= 4 is 0 Å². The molecule has 108 valence electrons. The molecule has 3 nitrogen and oxygen atoms in total. The topological polar surface area (TPSA) is 44.5 Å². The van der Waals surface area contributed by atoms with Gasteiger partial charge in [0.2, 0.25) is 0 Å². The van der Waals surface area contributed by atoms with Crippen molar-refractivity contribution in [3.05, 3.63) is 29.3 Å². The van der Waals surface area contributed by atoms with Crippen LogP contribution < -0.4 is 10.5 Å². The van der Waals surface area contributed by atoms with Crippen molar-refractivity contribution in [3.8, 4) is 5.75 Å². The lowest BCUT2D eigenvalue weighted by atomic mass is 10.0. The van der Waals surface area contributed by atoms with Crippen LogP contribution in [0.4, 0.5) is 13.2 Å². The number of benzene rings is 1. The van der Waals surface area contributed by atoms with Crippen molar-refractivity contribution in [1.29, 1.82) is 0 Å². The number of hydrogen-bond acceptors (Lipinski definition) is 3. The van der Waals surface area contributed by atoms with E-state index in [1.807, 2.05) is 13.0 Å². The summed E-state index contributed by atoms with van der Waals surface area (Å²) in [6.07, 6.45) is -3.96. The summed E-state index contributed by atoms with van der Waals surface area (Å²) in [5.74, 6) is 0.754. The number of alkyl halides is 3. The van der Waals surface area contributed by atoms with Crippen LogP contribution in [0.5, 0.6) is 5.75 Å². The zero-order chi connectivity index (χ0) is 14.5. The second-order valence-electron chi connectivity index (χ2n) is 4.29. The van der Waals surface area contributed by atoms with Gasteiger partial charge in [0.05, 0.1) is 7.11 Å². The lowest BCUT2D eigenvalue weighted by Gasteiger charge is -2.15. The van der Waals surface area contributed by atoms with Crippen LogP contribution >= 0.6 is 0 Å². The zero-order valence-electron chi connectivity index (χ0n) is 11.0. The molecule has 19 heavy (non-hydrogen) atoms. The quantitative estimate of drug-likeness (QED) is 0.813. The van der Waals surface area contributed by atoms with E-state index in [2.05, 4.69) is 4.74 Å². The van der Waals surface area contributed by atoms with Gasteiger partial charge in [0.1, 0.15) is 12.4 Å². The van der Waals surface area contributed by atoms with E-state index in [1.54, 1.807) is 19.2 Å². The minimum absolute atomic E-state index is 0.0221. The second-order valence-corrected chi connectivity index (χ2v) is 4.29. The molecular weight excluding hydrogens is 259 g/mol. The number of ether oxygens (including phenoxy) is 2. The minimum atomic E-state index is -4.29. The molecule has 1 atom stereocenters. The third-order valence-electron chi connectivity index (χ3n) is 2.69. The Morgan fingerprint density at radius 1 is 1.32 bits per heavy atom. The Hall–Kier alpha value is -1.27. The molecule has 0 heterocycles. The fourth-order valence-corrected chi connectivity index (χ4v) is 1.70. The van der Waals surface area contributed by atoms with E-state index in [-0.39, 0.29) is 12.6 Å². The van der Waals surface area contributed by atoms with E-state index in [0.717, 1.165) is 16.9 Å². The fourth-order valence-electron chi connectivity index (χ4n) is 1.70. The van der Waals surface area contributed by atoms with Crippen molar-refractivity contribution in [1.82, 2.24) is 0 Å². The lowest BCUT2D eigenvalue weighted by molar-refractivity contribution is -0.174. The van der Waals surface area contributed by atoms with Crippen molar-refractivity contribution in [2.24, 2.45) is 5.73 Å². The van der Waals surface area contributed by atoms with Gasteiger partial charge in [-0.15, -0.1) is 0 Å². The van der Waals surface area contributed by atoms with E-state index >= 15 is 0 Å². The maximum atomic E-state index is 11.9. The van der Waals surface area contributed by atoms with Crippen LogP contribution in [0.25, 0.3) is 0 Å². The smallest absolute Gasteiger partial charge is 0.411 e. The van der Waals surface area contributed by atoms with Gasteiger partial charge in [0.25, 0.3) is 0 Å². The Morgan fingerprint density at radius 3 is 2.53 bits per heavy atom. The van der Waals surface area contributed by atoms with Crippen LogP contribution in [0.3, 0.4) is 0 Å². The van der Waals surface area contributed by atoms with E-state index < -0.39 is 12.8 Å². The summed E-state index contributed by atoms with van der Waals surface area (Å²) < 4.78 is 45.3. The molecule has 0 radical (unpaired) electrons. The standard InChI is InChI=1S/C13H18F3NO2/c1-9-7-10(3-4-12(9)18-2)11(17)5-6-19-8-13(14,15)16/h3-4,7,11H,5-6,8,17H2,1-2H3. The third-order valence-corrected chi connectivity index (χ3v) is 2.69. The zero-order valence-corrected chi connectivity index (χ0v) is 11.0. The number of hydrogen-bond donors (Lipinski definition) is 1. The average Bonchev–Trinajstić information content (AvgIpc) is 2.33. The molecule has 0 spiro atoms. The van der Waals surface area contributed by atoms with Crippen LogP contribution in [0.15, 0.2) is 18.2 Å². The van der Waals surface area contributed by atoms with Gasteiger partial charge < -0.3 is 15.2 Å². The highest BCUT2D eigenvalue weighted by molar-refractivity contribution is 5.37. The molecule has 0 aliphatic rings. The maximum absolute atomic E-state index is 11.9. The monoisotopic (exact) mass is 277 g/mol. The molecule has 1 aromatic rings. The summed E-state index contributed by atoms with van der Waals surface area (Å²) in [6, 6.07) is 5.12. The number of nitrogens with two attached hydrogens (primary N) is 1. The first-order valence-corrected chi connectivity index (χ1v) is 5.88. The first-order chi connectivity index (χ1) is 8.83. The maximum Gasteiger partial charge on any atom is 0.411 e. The number of halogens is 3. The predicted octanol–water partition coefficient (Wildman–Crippen LogP) is 2.97. The molecule has 0 saturated heterocycles. The highest BCUT2D eigenvalue weighted by atomic mass is 19.4. The van der Waals surface area contributed by atoms with E-state index in [0.29, 0.717) is 6.42 Å². The van der Waals surface area contributed by atoms with Crippen LogP contribution in [0, 0.1) is 6.92 Å². The molecule has 0 amide bonds. The summed E-state index contributed by atoms with van der Waals surface area (Å²) >= 11 is 0. The summed E-state index contributed by atoms with van der Waals surface area (Å²) in [5, 5.41) is 0. The van der Waals surface area contributed by atoms with E-state index in [4.69, 9.17) is 10.5 Å². The van der Waals surface area contributed by atoms with Crippen LogP contribution in [-0.2, 0) is 4.74 Å². The molecule has 0 saturated carbocycles. The van der Waals surface area contributed by atoms with Gasteiger partial charge in [-0.3, -0.25) is 0 Å². The van der Waals surface area contributed by atoms with Crippen LogP contribution in [0.2, 0.25) is 0 Å². The molecule has 0 aromatic heterocycles. The highest BCUT2D eigenvalue weighted by Crippen LogP contribution is 2.23. The lowest BCUT2D eigenvalue weighted by Crippen LogP contribution is -2.19. The van der Waals surface area contributed by atoms with Crippen molar-refractivity contribution in [2.75, 3.05) is 20.3 Å². The molecule has 1 rings (SSSR count). The van der Waals surface area contributed by atoms with Gasteiger partial charge in [0, 0.05) is 12.6 Å². The number of rotatable bonds is 6. The van der Waals surface area contributed by atoms with Gasteiger partial charge in [-0.2, -0.15) is 13.2 Å². The minimum Gasteiger partial charge on any atom is -0.496 e. The normalized spacial score (nSPS) is 13.4. The molecule has 0 aliphatic heterocycles. The van der Waals surface area contributed by atoms with Crippen LogP contribution in [-0.4, -0.2) is 26.5 Å². The van der Waals surface area contributed by atoms with Crippen molar-refractivity contribution < 1.29 is 22.6 Å². The molecule has 2 N–H and O–H groups in total. The summed E-state index contributed by atoms with van der Waals surface area (Å²) in [5.41, 5.74) is 7.70. The molecule has 0 fully saturated rings. The van der Waals surface area contributed by atoms with Gasteiger partial charge in [-0.1, -0.05) is 12.1 Å². The largest absolute Gasteiger partial charge is 0.496 e. The van der Waals surface area contributed by atoms with Gasteiger partial charge in [-0.25, -0.2) is 0 Å². The number of aryl methyl sites for hydroxylation is 1. The Balaban J connectivity index is 2.45. The number of methoxy groups -OCH3 is 1. The summed E-state index contributed by atoms with van der Waals surface area (Å²) in [4.78, 5) is 0. The molecule has 6 heteroatoms. The molecule has 0 aliphatic carbocycles. The predicted molar refractivity (Wildman–Crippen MR) is 66.2 cm³/mol. The van der Waals surface area contributed by atoms with Crippen LogP contribution in [0.1, 0.15) is 23.6 Å².